The van der Waals surface area contributed by atoms with Crippen molar-refractivity contribution in [2.45, 2.75) is 18.2 Å². The lowest BCUT2D eigenvalue weighted by Gasteiger charge is -2.30. The quantitative estimate of drug-likeness (QED) is 0.406. The minimum atomic E-state index is -2.51. The number of hydrogen-bond acceptors (Lipinski definition) is 6. The first kappa shape index (κ1) is 15.9. The molecule has 0 fully saturated rings. The minimum absolute atomic E-state index is 0.113. The zero-order valence-electron chi connectivity index (χ0n) is 10.8. The fourth-order valence-electron chi connectivity index (χ4n) is 1.74. The fourth-order valence-corrected chi connectivity index (χ4v) is 1.74. The number of aliphatic hydroxyl groups excluding tert-OH is 1. The number of carboxylic acids is 1. The summed E-state index contributed by atoms with van der Waals surface area (Å²) in [5.41, 5.74) is 0. The number of nitrogens with zero attached hydrogens (tertiary/aromatic N) is 1. The maximum Gasteiger partial charge on any atom is 0.385 e. The number of hydrogen-bond donors (Lipinski definition) is 2. The first-order valence-electron chi connectivity index (χ1n) is 5.75. The average Bonchev–Trinajstić information content (AvgIpc) is 2.43. The van der Waals surface area contributed by atoms with Gasteiger partial charge in [0.1, 0.15) is 5.75 Å². The molecular weight excluding hydrogens is 270 g/mol. The van der Waals surface area contributed by atoms with E-state index in [-0.39, 0.29) is 5.75 Å². The third-order valence-electron chi connectivity index (χ3n) is 2.71. The number of aliphatic hydroxyl groups is 1. The molecule has 1 aromatic carbocycles. The van der Waals surface area contributed by atoms with Crippen LogP contribution in [0, 0.1) is 10.1 Å². The van der Waals surface area contributed by atoms with Crippen molar-refractivity contribution >= 4 is 5.97 Å². The van der Waals surface area contributed by atoms with Crippen molar-refractivity contribution < 1.29 is 29.4 Å². The van der Waals surface area contributed by atoms with Crippen molar-refractivity contribution in [1.82, 2.24) is 0 Å². The van der Waals surface area contributed by atoms with Crippen LogP contribution in [0.3, 0.4) is 0 Å². The summed E-state index contributed by atoms with van der Waals surface area (Å²) in [6, 6.07) is 6.01. The summed E-state index contributed by atoms with van der Waals surface area (Å²) in [5.74, 6) is -4.03. The van der Waals surface area contributed by atoms with Gasteiger partial charge >= 0.3 is 11.8 Å². The number of ether oxygens (including phenoxy) is 2. The molecule has 2 N–H and O–H groups in total. The molecule has 2 unspecified atom stereocenters. The molecule has 2 atom stereocenters. The maximum absolute atomic E-state index is 11.4. The fraction of sp³-hybridized carbons (Fsp3) is 0.417. The smallest absolute Gasteiger partial charge is 0.385 e. The van der Waals surface area contributed by atoms with Gasteiger partial charge in [-0.25, -0.2) is 4.79 Å². The Bertz CT molecular complexity index is 464. The largest absolute Gasteiger partial charge is 0.476 e. The van der Waals surface area contributed by atoms with Gasteiger partial charge in [-0.3, -0.25) is 10.1 Å². The molecule has 8 nitrogen and oxygen atoms in total. The van der Waals surface area contributed by atoms with E-state index in [0.29, 0.717) is 0 Å². The van der Waals surface area contributed by atoms with Crippen LogP contribution in [0.15, 0.2) is 30.3 Å². The summed E-state index contributed by atoms with van der Waals surface area (Å²) in [6.45, 7) is -0.567. The van der Waals surface area contributed by atoms with Gasteiger partial charge in [-0.05, 0) is 12.1 Å². The molecule has 1 aromatic rings. The van der Waals surface area contributed by atoms with Gasteiger partial charge in [-0.2, -0.15) is 0 Å². The molecule has 20 heavy (non-hydrogen) atoms. The first-order chi connectivity index (χ1) is 9.47. The van der Waals surface area contributed by atoms with Crippen molar-refractivity contribution in [2.24, 2.45) is 0 Å². The van der Waals surface area contributed by atoms with Gasteiger partial charge in [0.05, 0.1) is 0 Å². The zero-order chi connectivity index (χ0) is 15.2. The molecule has 0 saturated carbocycles. The van der Waals surface area contributed by atoms with E-state index in [1.807, 2.05) is 0 Å². The van der Waals surface area contributed by atoms with Crippen LogP contribution < -0.4 is 4.74 Å². The predicted octanol–water partition coefficient (Wildman–Crippen LogP) is 0.520. The van der Waals surface area contributed by atoms with Crippen LogP contribution in [-0.2, 0) is 9.53 Å². The molecule has 0 aromatic heterocycles. The topological polar surface area (TPSA) is 119 Å². The number of rotatable bonds is 8. The van der Waals surface area contributed by atoms with Gasteiger partial charge in [0.15, 0.2) is 0 Å². The summed E-state index contributed by atoms with van der Waals surface area (Å²) >= 11 is 0. The van der Waals surface area contributed by atoms with Crippen LogP contribution in [0.4, 0.5) is 0 Å². The number of methoxy groups -OCH3 is 1. The number of nitro groups is 1. The van der Waals surface area contributed by atoms with E-state index in [1.165, 1.54) is 12.1 Å². The predicted molar refractivity (Wildman–Crippen MR) is 66.9 cm³/mol. The normalized spacial score (nSPS) is 15.1. The van der Waals surface area contributed by atoms with Crippen molar-refractivity contribution in [3.8, 4) is 5.75 Å². The van der Waals surface area contributed by atoms with Gasteiger partial charge in [-0.1, -0.05) is 18.2 Å². The molecule has 0 radical (unpaired) electrons. The SMILES string of the molecule is COC(Oc1ccccc1)(C(=O)O)C(CCO)[N+](=O)[O-]. The highest BCUT2D eigenvalue weighted by atomic mass is 16.7. The standard InChI is InChI=1S/C12H15NO7/c1-19-12(11(15)16,10(7-8-14)13(17)18)20-9-5-3-2-4-6-9/h2-6,10,14H,7-8H2,1H3,(H,15,16). The van der Waals surface area contributed by atoms with E-state index in [4.69, 9.17) is 14.6 Å². The van der Waals surface area contributed by atoms with Gasteiger partial charge in [-0.15, -0.1) is 0 Å². The van der Waals surface area contributed by atoms with Crippen molar-refractivity contribution in [1.29, 1.82) is 0 Å². The van der Waals surface area contributed by atoms with Gasteiger partial charge < -0.3 is 19.7 Å². The van der Waals surface area contributed by atoms with Crippen LogP contribution in [0.2, 0.25) is 0 Å². The summed E-state index contributed by atoms with van der Waals surface area (Å²) in [5, 5.41) is 29.2. The molecular formula is C12H15NO7. The van der Waals surface area contributed by atoms with Crippen molar-refractivity contribution in [3.63, 3.8) is 0 Å². The van der Waals surface area contributed by atoms with Crippen LogP contribution >= 0.6 is 0 Å². The third-order valence-corrected chi connectivity index (χ3v) is 2.71. The minimum Gasteiger partial charge on any atom is -0.476 e. The van der Waals surface area contributed by atoms with E-state index >= 15 is 0 Å². The van der Waals surface area contributed by atoms with Gasteiger partial charge in [0.25, 0.3) is 6.04 Å². The van der Waals surface area contributed by atoms with Crippen molar-refractivity contribution in [3.05, 3.63) is 40.4 Å². The zero-order valence-corrected chi connectivity index (χ0v) is 10.8. The summed E-state index contributed by atoms with van der Waals surface area (Å²) < 4.78 is 10.0. The lowest BCUT2D eigenvalue weighted by molar-refractivity contribution is -0.557. The molecule has 0 heterocycles. The maximum atomic E-state index is 11.4. The molecule has 1 rings (SSSR count). The second kappa shape index (κ2) is 6.83. The summed E-state index contributed by atoms with van der Waals surface area (Å²) in [7, 11) is 1.00. The molecule has 0 saturated heterocycles. The molecule has 0 aliphatic rings. The van der Waals surface area contributed by atoms with Gasteiger partial charge in [0, 0.05) is 25.1 Å². The molecule has 8 heteroatoms. The van der Waals surface area contributed by atoms with Crippen LogP contribution in [-0.4, -0.2) is 46.7 Å². The summed E-state index contributed by atoms with van der Waals surface area (Å²) in [6.07, 6.45) is -0.417. The Morgan fingerprint density at radius 1 is 1.45 bits per heavy atom. The van der Waals surface area contributed by atoms with Crippen LogP contribution in [0.5, 0.6) is 5.75 Å². The molecule has 0 amide bonds. The Balaban J connectivity index is 3.20. The number of carboxylic acid groups (broad SMARTS) is 1. The Morgan fingerprint density at radius 2 is 2.05 bits per heavy atom. The van der Waals surface area contributed by atoms with E-state index in [2.05, 4.69) is 0 Å². The highest BCUT2D eigenvalue weighted by Gasteiger charge is 2.57. The van der Waals surface area contributed by atoms with E-state index in [0.717, 1.165) is 7.11 Å². The number of carbonyl (C=O) groups is 1. The number of aliphatic carboxylic acids is 1. The van der Waals surface area contributed by atoms with E-state index in [1.54, 1.807) is 18.2 Å². The van der Waals surface area contributed by atoms with Crippen LogP contribution in [0.25, 0.3) is 0 Å². The lowest BCUT2D eigenvalue weighted by atomic mass is 10.0. The third kappa shape index (κ3) is 3.22. The Kier molecular flexibility index (Phi) is 5.42. The summed E-state index contributed by atoms with van der Waals surface area (Å²) in [4.78, 5) is 21.7. The van der Waals surface area contributed by atoms with Crippen molar-refractivity contribution in [2.75, 3.05) is 13.7 Å². The van der Waals surface area contributed by atoms with E-state index < -0.39 is 35.7 Å². The van der Waals surface area contributed by atoms with E-state index in [9.17, 15) is 20.0 Å². The molecule has 0 bridgehead atoms. The second-order valence-electron chi connectivity index (χ2n) is 3.91. The number of benzene rings is 1. The molecule has 0 aliphatic carbocycles. The lowest BCUT2D eigenvalue weighted by Crippen LogP contribution is -2.59. The average molecular weight is 285 g/mol. The Hall–Kier alpha value is -2.19. The van der Waals surface area contributed by atoms with Crippen LogP contribution in [0.1, 0.15) is 6.42 Å². The first-order valence-corrected chi connectivity index (χ1v) is 5.75. The molecule has 0 aliphatic heterocycles. The second-order valence-corrected chi connectivity index (χ2v) is 3.91. The Morgan fingerprint density at radius 3 is 2.45 bits per heavy atom. The highest BCUT2D eigenvalue weighted by molar-refractivity contribution is 5.77. The number of para-hydroxylation sites is 1. The highest BCUT2D eigenvalue weighted by Crippen LogP contribution is 2.26. The molecule has 110 valence electrons. The molecule has 0 spiro atoms. The Labute approximate surface area is 114 Å². The van der Waals surface area contributed by atoms with Gasteiger partial charge in [0.2, 0.25) is 0 Å². The monoisotopic (exact) mass is 285 g/mol.